The highest BCUT2D eigenvalue weighted by atomic mass is 16.5. The Morgan fingerprint density at radius 1 is 1.36 bits per heavy atom. The summed E-state index contributed by atoms with van der Waals surface area (Å²) >= 11 is 0. The van der Waals surface area contributed by atoms with Crippen LogP contribution in [0.1, 0.15) is 6.42 Å². The van der Waals surface area contributed by atoms with Crippen LogP contribution in [0, 0.1) is 11.8 Å². The van der Waals surface area contributed by atoms with E-state index in [0.717, 1.165) is 26.2 Å². The number of nitrogens with two attached hydrogens (primary N) is 1. The van der Waals surface area contributed by atoms with Gasteiger partial charge in [0.1, 0.15) is 0 Å². The van der Waals surface area contributed by atoms with E-state index in [0.29, 0.717) is 24.5 Å². The Hall–Kier alpha value is -0.120. The average Bonchev–Trinajstić information content (AvgIpc) is 2.47. The van der Waals surface area contributed by atoms with E-state index in [1.165, 1.54) is 0 Å². The van der Waals surface area contributed by atoms with Crippen molar-refractivity contribution in [2.24, 2.45) is 17.6 Å². The molecule has 0 bridgehead atoms. The second-order valence-corrected chi connectivity index (χ2v) is 3.40. The van der Waals surface area contributed by atoms with Gasteiger partial charge in [-0.2, -0.15) is 0 Å². The largest absolute Gasteiger partial charge is 0.381 e. The third-order valence-electron chi connectivity index (χ3n) is 2.77. The summed E-state index contributed by atoms with van der Waals surface area (Å²) in [5.74, 6) is 1.30. The van der Waals surface area contributed by atoms with Crippen LogP contribution in [-0.2, 0) is 9.47 Å². The number of hydrogen-bond acceptors (Lipinski definition) is 3. The van der Waals surface area contributed by atoms with E-state index in [9.17, 15) is 0 Å². The molecular weight excluding hydrogens is 142 g/mol. The van der Waals surface area contributed by atoms with Crippen LogP contribution in [0.15, 0.2) is 0 Å². The second-order valence-electron chi connectivity index (χ2n) is 3.40. The van der Waals surface area contributed by atoms with Crippen molar-refractivity contribution in [3.63, 3.8) is 0 Å². The summed E-state index contributed by atoms with van der Waals surface area (Å²) in [5, 5.41) is 0. The SMILES string of the molecule is NCC1OCC2COCCC21. The molecule has 3 heteroatoms. The van der Waals surface area contributed by atoms with Crippen molar-refractivity contribution in [2.75, 3.05) is 26.4 Å². The lowest BCUT2D eigenvalue weighted by atomic mass is 9.87. The van der Waals surface area contributed by atoms with Crippen LogP contribution in [0.3, 0.4) is 0 Å². The van der Waals surface area contributed by atoms with E-state index in [4.69, 9.17) is 15.2 Å². The van der Waals surface area contributed by atoms with Gasteiger partial charge >= 0.3 is 0 Å². The molecule has 0 amide bonds. The van der Waals surface area contributed by atoms with Gasteiger partial charge in [-0.25, -0.2) is 0 Å². The fourth-order valence-corrected chi connectivity index (χ4v) is 2.09. The predicted molar refractivity (Wildman–Crippen MR) is 41.2 cm³/mol. The molecule has 2 heterocycles. The lowest BCUT2D eigenvalue weighted by Crippen LogP contribution is -2.33. The van der Waals surface area contributed by atoms with Crippen LogP contribution >= 0.6 is 0 Å². The van der Waals surface area contributed by atoms with Crippen LogP contribution in [-0.4, -0.2) is 32.5 Å². The highest BCUT2D eigenvalue weighted by molar-refractivity contribution is 4.86. The first-order valence-electron chi connectivity index (χ1n) is 4.31. The van der Waals surface area contributed by atoms with Gasteiger partial charge in [-0.05, 0) is 12.3 Å². The molecule has 2 aliphatic rings. The quantitative estimate of drug-likeness (QED) is 0.582. The number of fused-ring (bicyclic) bond motifs is 1. The molecule has 0 saturated carbocycles. The van der Waals surface area contributed by atoms with E-state index in [-0.39, 0.29) is 0 Å². The first-order valence-corrected chi connectivity index (χ1v) is 4.31. The Balaban J connectivity index is 1.98. The van der Waals surface area contributed by atoms with Gasteiger partial charge in [0.2, 0.25) is 0 Å². The summed E-state index contributed by atoms with van der Waals surface area (Å²) in [6.07, 6.45) is 1.44. The molecule has 0 spiro atoms. The van der Waals surface area contributed by atoms with Gasteiger partial charge < -0.3 is 15.2 Å². The van der Waals surface area contributed by atoms with Gasteiger partial charge in [-0.3, -0.25) is 0 Å². The van der Waals surface area contributed by atoms with E-state index in [2.05, 4.69) is 0 Å². The van der Waals surface area contributed by atoms with Crippen molar-refractivity contribution in [3.05, 3.63) is 0 Å². The van der Waals surface area contributed by atoms with E-state index < -0.39 is 0 Å². The van der Waals surface area contributed by atoms with E-state index in [1.807, 2.05) is 0 Å². The Bertz CT molecular complexity index is 134. The molecule has 2 rings (SSSR count). The Kier molecular flexibility index (Phi) is 2.11. The van der Waals surface area contributed by atoms with Gasteiger partial charge in [0, 0.05) is 19.1 Å². The third kappa shape index (κ3) is 1.28. The van der Waals surface area contributed by atoms with Gasteiger partial charge in [-0.1, -0.05) is 0 Å². The molecule has 3 unspecified atom stereocenters. The highest BCUT2D eigenvalue weighted by Gasteiger charge is 2.38. The van der Waals surface area contributed by atoms with E-state index >= 15 is 0 Å². The van der Waals surface area contributed by atoms with Crippen molar-refractivity contribution in [3.8, 4) is 0 Å². The minimum Gasteiger partial charge on any atom is -0.381 e. The molecule has 3 nitrogen and oxygen atoms in total. The Morgan fingerprint density at radius 2 is 2.27 bits per heavy atom. The fourth-order valence-electron chi connectivity index (χ4n) is 2.09. The maximum absolute atomic E-state index is 5.57. The monoisotopic (exact) mass is 157 g/mol. The van der Waals surface area contributed by atoms with Crippen LogP contribution in [0.4, 0.5) is 0 Å². The molecule has 2 N–H and O–H groups in total. The molecule has 2 saturated heterocycles. The molecule has 64 valence electrons. The van der Waals surface area contributed by atoms with Gasteiger partial charge in [-0.15, -0.1) is 0 Å². The summed E-state index contributed by atoms with van der Waals surface area (Å²) < 4.78 is 10.9. The first-order chi connectivity index (χ1) is 5.42. The maximum Gasteiger partial charge on any atom is 0.0730 e. The highest BCUT2D eigenvalue weighted by Crippen LogP contribution is 2.32. The third-order valence-corrected chi connectivity index (χ3v) is 2.77. The summed E-state index contributed by atoms with van der Waals surface area (Å²) in [5.41, 5.74) is 5.57. The number of rotatable bonds is 1. The molecule has 3 atom stereocenters. The molecule has 0 aromatic rings. The molecule has 0 aromatic heterocycles. The topological polar surface area (TPSA) is 44.5 Å². The summed E-state index contributed by atoms with van der Waals surface area (Å²) in [6, 6.07) is 0. The van der Waals surface area contributed by atoms with Crippen molar-refractivity contribution in [1.29, 1.82) is 0 Å². The van der Waals surface area contributed by atoms with Gasteiger partial charge in [0.25, 0.3) is 0 Å². The molecule has 11 heavy (non-hydrogen) atoms. The van der Waals surface area contributed by atoms with Gasteiger partial charge in [0.15, 0.2) is 0 Å². The zero-order valence-electron chi connectivity index (χ0n) is 6.66. The van der Waals surface area contributed by atoms with Crippen molar-refractivity contribution >= 4 is 0 Å². The summed E-state index contributed by atoms with van der Waals surface area (Å²) in [6.45, 7) is 3.29. The van der Waals surface area contributed by atoms with Crippen molar-refractivity contribution in [2.45, 2.75) is 12.5 Å². The number of ether oxygens (including phenoxy) is 2. The lowest BCUT2D eigenvalue weighted by Gasteiger charge is -2.26. The van der Waals surface area contributed by atoms with Crippen LogP contribution in [0.2, 0.25) is 0 Å². The molecule has 2 aliphatic heterocycles. The first kappa shape index (κ1) is 7.53. The molecule has 0 aliphatic carbocycles. The van der Waals surface area contributed by atoms with Crippen molar-refractivity contribution < 1.29 is 9.47 Å². The smallest absolute Gasteiger partial charge is 0.0730 e. The van der Waals surface area contributed by atoms with E-state index in [1.54, 1.807) is 0 Å². The zero-order chi connectivity index (χ0) is 7.68. The standard InChI is InChI=1S/C8H15NO2/c9-3-8-7-1-2-10-4-6(7)5-11-8/h6-8H,1-5,9H2. The predicted octanol–water partition coefficient (Wildman–Crippen LogP) is -0.00340. The summed E-state index contributed by atoms with van der Waals surface area (Å²) in [4.78, 5) is 0. The zero-order valence-corrected chi connectivity index (χ0v) is 6.66. The lowest BCUT2D eigenvalue weighted by molar-refractivity contribution is 0.0297. The maximum atomic E-state index is 5.57. The van der Waals surface area contributed by atoms with Gasteiger partial charge in [0.05, 0.1) is 19.3 Å². The molecule has 0 radical (unpaired) electrons. The van der Waals surface area contributed by atoms with Crippen LogP contribution in [0.25, 0.3) is 0 Å². The number of hydrogen-bond donors (Lipinski definition) is 1. The minimum absolute atomic E-state index is 0.309. The second kappa shape index (κ2) is 3.09. The van der Waals surface area contributed by atoms with Crippen LogP contribution < -0.4 is 5.73 Å². The van der Waals surface area contributed by atoms with Crippen LogP contribution in [0.5, 0.6) is 0 Å². The fraction of sp³-hybridized carbons (Fsp3) is 1.00. The Morgan fingerprint density at radius 3 is 3.09 bits per heavy atom. The Labute approximate surface area is 66.8 Å². The molecular formula is C8H15NO2. The molecule has 0 aromatic carbocycles. The molecule has 2 fully saturated rings. The normalized spacial score (nSPS) is 43.9. The minimum atomic E-state index is 0.309. The summed E-state index contributed by atoms with van der Waals surface area (Å²) in [7, 11) is 0. The van der Waals surface area contributed by atoms with Crippen molar-refractivity contribution in [1.82, 2.24) is 0 Å². The average molecular weight is 157 g/mol.